The van der Waals surface area contributed by atoms with Crippen LogP contribution in [0.1, 0.15) is 51.0 Å². The lowest BCUT2D eigenvalue weighted by Gasteiger charge is -2.34. The van der Waals surface area contributed by atoms with E-state index in [2.05, 4.69) is 15.8 Å². The van der Waals surface area contributed by atoms with Crippen LogP contribution in [-0.2, 0) is 14.4 Å². The molecule has 196 valence electrons. The zero-order valence-electron chi connectivity index (χ0n) is 21.5. The number of carbonyl (C=O) groups is 3. The van der Waals surface area contributed by atoms with E-state index in [9.17, 15) is 14.4 Å². The van der Waals surface area contributed by atoms with E-state index in [1.54, 1.807) is 61.5 Å². The van der Waals surface area contributed by atoms with Crippen LogP contribution in [0.25, 0.3) is 0 Å². The zero-order chi connectivity index (χ0) is 27.2. The topological polar surface area (TPSA) is 114 Å². The Bertz CT molecular complexity index is 1270. The minimum atomic E-state index is -1.13. The lowest BCUT2D eigenvalue weighted by atomic mass is 10.00. The molecule has 1 atom stereocenters. The van der Waals surface area contributed by atoms with Crippen molar-refractivity contribution >= 4 is 40.8 Å². The van der Waals surface area contributed by atoms with E-state index in [0.29, 0.717) is 27.8 Å². The summed E-state index contributed by atoms with van der Waals surface area (Å²) in [5, 5.41) is 9.62. The maximum Gasteiger partial charge on any atom is 0.248 e. The molecular weight excluding hydrogens is 496 g/mol. The molecule has 0 radical (unpaired) electrons. The van der Waals surface area contributed by atoms with Gasteiger partial charge >= 0.3 is 0 Å². The Morgan fingerprint density at radius 1 is 1.08 bits per heavy atom. The molecule has 0 aliphatic rings. The molecule has 2 aromatic carbocycles. The molecule has 3 rings (SSSR count). The van der Waals surface area contributed by atoms with Gasteiger partial charge in [0, 0.05) is 35.0 Å². The first-order valence-electron chi connectivity index (χ1n) is 11.7. The second kappa shape index (κ2) is 11.9. The molecular formula is C27H31ClN4O5. The predicted molar refractivity (Wildman–Crippen MR) is 142 cm³/mol. The van der Waals surface area contributed by atoms with Gasteiger partial charge in [-0.15, -0.1) is 0 Å². The maximum absolute atomic E-state index is 13.8. The minimum absolute atomic E-state index is 0.146. The second-order valence-electron chi connectivity index (χ2n) is 9.47. The Morgan fingerprint density at radius 3 is 2.38 bits per heavy atom. The third-order valence-corrected chi connectivity index (χ3v) is 5.62. The van der Waals surface area contributed by atoms with Gasteiger partial charge in [-0.25, -0.2) is 0 Å². The van der Waals surface area contributed by atoms with Crippen LogP contribution in [0.2, 0.25) is 5.02 Å². The Balaban J connectivity index is 2.01. The van der Waals surface area contributed by atoms with Crippen molar-refractivity contribution in [1.29, 1.82) is 0 Å². The molecule has 0 fully saturated rings. The quantitative estimate of drug-likeness (QED) is 0.403. The number of para-hydroxylation sites is 2. The first kappa shape index (κ1) is 27.7. The average Bonchev–Trinajstić information content (AvgIpc) is 3.24. The van der Waals surface area contributed by atoms with E-state index in [1.807, 2.05) is 20.8 Å². The molecule has 0 spiro atoms. The van der Waals surface area contributed by atoms with Crippen LogP contribution in [0.3, 0.4) is 0 Å². The fraction of sp³-hybridized carbons (Fsp3) is 0.333. The molecule has 9 nitrogen and oxygen atoms in total. The molecule has 3 aromatic rings. The Hall–Kier alpha value is -3.85. The Labute approximate surface area is 221 Å². The van der Waals surface area contributed by atoms with Crippen LogP contribution in [-0.4, -0.2) is 35.5 Å². The standard InChI is InChI=1S/C27H31ClN4O5/c1-17-16-22(31-37-17)29-23(33)14-15-24(34)32(20-12-8-9-13-21(20)36-5)25(26(35)30-27(2,3)4)18-10-6-7-11-19(18)28/h6-13,16,25H,14-15H2,1-5H3,(H,30,35)(H,29,31,33)/t25-/m1/s1. The number of anilines is 2. The summed E-state index contributed by atoms with van der Waals surface area (Å²) in [6.45, 7) is 7.24. The third-order valence-electron chi connectivity index (χ3n) is 5.28. The van der Waals surface area contributed by atoms with E-state index < -0.39 is 29.3 Å². The molecule has 0 aliphatic heterocycles. The van der Waals surface area contributed by atoms with Crippen LogP contribution >= 0.6 is 11.6 Å². The highest BCUT2D eigenvalue weighted by Crippen LogP contribution is 2.37. The van der Waals surface area contributed by atoms with Crippen molar-refractivity contribution in [2.45, 2.75) is 52.1 Å². The summed E-state index contributed by atoms with van der Waals surface area (Å²) in [4.78, 5) is 41.4. The fourth-order valence-corrected chi connectivity index (χ4v) is 3.99. The van der Waals surface area contributed by atoms with Gasteiger partial charge < -0.3 is 19.9 Å². The SMILES string of the molecule is COc1ccccc1N(C(=O)CCC(=O)Nc1cc(C)on1)[C@@H](C(=O)NC(C)(C)C)c1ccccc1Cl. The molecule has 0 saturated heterocycles. The van der Waals surface area contributed by atoms with Crippen molar-refractivity contribution in [3.63, 3.8) is 0 Å². The summed E-state index contributed by atoms with van der Waals surface area (Å²) >= 11 is 6.53. The summed E-state index contributed by atoms with van der Waals surface area (Å²) in [7, 11) is 1.48. The van der Waals surface area contributed by atoms with Crippen molar-refractivity contribution in [2.75, 3.05) is 17.3 Å². The minimum Gasteiger partial charge on any atom is -0.495 e. The number of amides is 3. The van der Waals surface area contributed by atoms with Gasteiger partial charge in [-0.1, -0.05) is 47.1 Å². The number of benzene rings is 2. The highest BCUT2D eigenvalue weighted by atomic mass is 35.5. The maximum atomic E-state index is 13.8. The van der Waals surface area contributed by atoms with Crippen LogP contribution in [0.15, 0.2) is 59.1 Å². The first-order valence-corrected chi connectivity index (χ1v) is 12.1. The monoisotopic (exact) mass is 526 g/mol. The van der Waals surface area contributed by atoms with Crippen molar-refractivity contribution in [1.82, 2.24) is 10.5 Å². The van der Waals surface area contributed by atoms with E-state index in [4.69, 9.17) is 20.9 Å². The number of methoxy groups -OCH3 is 1. The van der Waals surface area contributed by atoms with Crippen LogP contribution in [0.4, 0.5) is 11.5 Å². The van der Waals surface area contributed by atoms with Crippen LogP contribution in [0.5, 0.6) is 5.75 Å². The number of aromatic nitrogens is 1. The van der Waals surface area contributed by atoms with Crippen LogP contribution < -0.4 is 20.3 Å². The van der Waals surface area contributed by atoms with Crippen molar-refractivity contribution in [2.24, 2.45) is 0 Å². The highest BCUT2D eigenvalue weighted by Gasteiger charge is 2.36. The Kier molecular flexibility index (Phi) is 8.94. The normalized spacial score (nSPS) is 11.9. The van der Waals surface area contributed by atoms with Crippen molar-refractivity contribution in [3.8, 4) is 5.75 Å². The summed E-state index contributed by atoms with van der Waals surface area (Å²) < 4.78 is 10.5. The van der Waals surface area contributed by atoms with E-state index in [0.717, 1.165) is 0 Å². The second-order valence-corrected chi connectivity index (χ2v) is 9.88. The molecule has 1 aromatic heterocycles. The third kappa shape index (κ3) is 7.33. The van der Waals surface area contributed by atoms with E-state index >= 15 is 0 Å². The van der Waals surface area contributed by atoms with Gasteiger partial charge in [0.15, 0.2) is 5.82 Å². The number of halogens is 1. The number of nitrogens with zero attached hydrogens (tertiary/aromatic N) is 2. The van der Waals surface area contributed by atoms with Crippen molar-refractivity contribution in [3.05, 3.63) is 70.9 Å². The lowest BCUT2D eigenvalue weighted by molar-refractivity contribution is -0.128. The molecule has 10 heteroatoms. The molecule has 0 bridgehead atoms. The molecule has 1 heterocycles. The molecule has 37 heavy (non-hydrogen) atoms. The van der Waals surface area contributed by atoms with Gasteiger partial charge in [-0.2, -0.15) is 0 Å². The van der Waals surface area contributed by atoms with Gasteiger partial charge in [-0.05, 0) is 45.9 Å². The smallest absolute Gasteiger partial charge is 0.248 e. The van der Waals surface area contributed by atoms with E-state index in [-0.39, 0.29) is 18.7 Å². The average molecular weight is 527 g/mol. The number of rotatable bonds is 9. The van der Waals surface area contributed by atoms with E-state index in [1.165, 1.54) is 12.0 Å². The molecule has 2 N–H and O–H groups in total. The van der Waals surface area contributed by atoms with Crippen molar-refractivity contribution < 1.29 is 23.6 Å². The van der Waals surface area contributed by atoms with Crippen LogP contribution in [0, 0.1) is 6.92 Å². The summed E-state index contributed by atoms with van der Waals surface area (Å²) in [6, 6.07) is 14.2. The first-order chi connectivity index (χ1) is 17.5. The number of hydrogen-bond acceptors (Lipinski definition) is 6. The molecule has 0 saturated carbocycles. The molecule has 0 unspecified atom stereocenters. The fourth-order valence-electron chi connectivity index (χ4n) is 3.75. The largest absolute Gasteiger partial charge is 0.495 e. The number of aryl methyl sites for hydroxylation is 1. The Morgan fingerprint density at radius 2 is 1.76 bits per heavy atom. The number of ether oxygens (including phenoxy) is 1. The summed E-state index contributed by atoms with van der Waals surface area (Å²) in [5.74, 6) is -0.127. The lowest BCUT2D eigenvalue weighted by Crippen LogP contribution is -2.49. The number of carbonyl (C=O) groups excluding carboxylic acids is 3. The highest BCUT2D eigenvalue weighted by molar-refractivity contribution is 6.31. The summed E-state index contributed by atoms with van der Waals surface area (Å²) in [6.07, 6.45) is -0.336. The molecule has 3 amide bonds. The van der Waals surface area contributed by atoms with Gasteiger partial charge in [0.05, 0.1) is 12.8 Å². The number of nitrogens with one attached hydrogen (secondary N) is 2. The summed E-state index contributed by atoms with van der Waals surface area (Å²) in [5.41, 5.74) is 0.228. The predicted octanol–water partition coefficient (Wildman–Crippen LogP) is 5.05. The van der Waals surface area contributed by atoms with Gasteiger partial charge in [0.25, 0.3) is 0 Å². The number of hydrogen-bond donors (Lipinski definition) is 2. The van der Waals surface area contributed by atoms with Gasteiger partial charge in [0.2, 0.25) is 17.7 Å². The zero-order valence-corrected chi connectivity index (χ0v) is 22.3. The van der Waals surface area contributed by atoms with Gasteiger partial charge in [-0.3, -0.25) is 19.3 Å². The molecule has 0 aliphatic carbocycles. The van der Waals surface area contributed by atoms with Gasteiger partial charge in [0.1, 0.15) is 17.6 Å².